The minimum absolute atomic E-state index is 0.254. The Balaban J connectivity index is 1.92. The van der Waals surface area contributed by atoms with E-state index < -0.39 is 6.17 Å². The summed E-state index contributed by atoms with van der Waals surface area (Å²) in [6.07, 6.45) is 1.12. The maximum absolute atomic E-state index is 13.8. The number of hydrazone groups is 1. The summed E-state index contributed by atoms with van der Waals surface area (Å²) < 4.78 is 13.8. The zero-order valence-electron chi connectivity index (χ0n) is 13.7. The molecule has 7 heteroatoms. The lowest BCUT2D eigenvalue weighted by Crippen LogP contribution is -2.50. The van der Waals surface area contributed by atoms with Gasteiger partial charge < -0.3 is 0 Å². The van der Waals surface area contributed by atoms with Gasteiger partial charge in [0, 0.05) is 16.5 Å². The molecule has 0 aliphatic carbocycles. The number of amidine groups is 1. The van der Waals surface area contributed by atoms with Gasteiger partial charge in [0.15, 0.2) is 11.3 Å². The molecular formula is C19H15FN4OS. The zero-order valence-corrected chi connectivity index (χ0v) is 14.5. The van der Waals surface area contributed by atoms with Crippen LogP contribution in [0.3, 0.4) is 0 Å². The highest BCUT2D eigenvalue weighted by atomic mass is 32.2. The number of thioether (sulfide) groups is 1. The van der Waals surface area contributed by atoms with E-state index in [2.05, 4.69) is 17.0 Å². The Morgan fingerprint density at radius 3 is 2.92 bits per heavy atom. The van der Waals surface area contributed by atoms with Gasteiger partial charge in [-0.05, 0) is 18.2 Å². The molecule has 26 heavy (non-hydrogen) atoms. The van der Waals surface area contributed by atoms with Crippen molar-refractivity contribution in [2.45, 2.75) is 6.17 Å². The molecule has 0 saturated carbocycles. The zero-order chi connectivity index (χ0) is 18.1. The quantitative estimate of drug-likeness (QED) is 0.844. The van der Waals surface area contributed by atoms with Crippen LogP contribution in [0.15, 0.2) is 71.3 Å². The van der Waals surface area contributed by atoms with Gasteiger partial charge in [0.25, 0.3) is 5.91 Å². The summed E-state index contributed by atoms with van der Waals surface area (Å²) in [4.78, 5) is 17.5. The second kappa shape index (κ2) is 6.76. The van der Waals surface area contributed by atoms with Crippen molar-refractivity contribution in [1.82, 2.24) is 10.3 Å². The molecule has 0 saturated heterocycles. The molecule has 0 spiro atoms. The minimum Gasteiger partial charge on any atom is -0.298 e. The third-order valence-corrected chi connectivity index (χ3v) is 4.86. The lowest BCUT2D eigenvalue weighted by molar-refractivity contribution is -0.116. The fourth-order valence-electron chi connectivity index (χ4n) is 2.91. The van der Waals surface area contributed by atoms with Crippen molar-refractivity contribution >= 4 is 28.5 Å². The third kappa shape index (κ3) is 2.90. The SMILES string of the molecule is C=CCSC1=NN2C(=c3ccccc3=N[C@@H]2c2cccc(F)c2)C(=O)N1. The molecule has 0 aromatic heterocycles. The van der Waals surface area contributed by atoms with Gasteiger partial charge in [0.1, 0.15) is 11.5 Å². The van der Waals surface area contributed by atoms with Crippen molar-refractivity contribution in [2.24, 2.45) is 10.1 Å². The van der Waals surface area contributed by atoms with Crippen LogP contribution in [0.1, 0.15) is 11.7 Å². The summed E-state index contributed by atoms with van der Waals surface area (Å²) in [6, 6.07) is 13.6. The van der Waals surface area contributed by atoms with Crippen LogP contribution in [-0.4, -0.2) is 21.8 Å². The first-order chi connectivity index (χ1) is 12.7. The van der Waals surface area contributed by atoms with Crippen molar-refractivity contribution in [3.8, 4) is 0 Å². The van der Waals surface area contributed by atoms with Crippen LogP contribution in [0, 0.1) is 5.82 Å². The normalized spacial score (nSPS) is 18.3. The molecule has 4 rings (SSSR count). The van der Waals surface area contributed by atoms with Crippen molar-refractivity contribution < 1.29 is 9.18 Å². The van der Waals surface area contributed by atoms with Crippen LogP contribution in [0.25, 0.3) is 5.70 Å². The van der Waals surface area contributed by atoms with Crippen LogP contribution in [-0.2, 0) is 4.79 Å². The second-order valence-corrected chi connectivity index (χ2v) is 6.74. The Hall–Kier alpha value is -2.93. The molecule has 2 aromatic carbocycles. The fraction of sp³-hybridized carbons (Fsp3) is 0.105. The molecule has 0 radical (unpaired) electrons. The predicted molar refractivity (Wildman–Crippen MR) is 99.8 cm³/mol. The first-order valence-electron chi connectivity index (χ1n) is 8.03. The summed E-state index contributed by atoms with van der Waals surface area (Å²) >= 11 is 1.37. The Bertz CT molecular complexity index is 1050. The van der Waals surface area contributed by atoms with Gasteiger partial charge in [0.05, 0.1) is 5.36 Å². The van der Waals surface area contributed by atoms with Crippen molar-refractivity contribution in [3.63, 3.8) is 0 Å². The molecule has 0 bridgehead atoms. The number of fused-ring (bicyclic) bond motifs is 2. The summed E-state index contributed by atoms with van der Waals surface area (Å²) in [7, 11) is 0. The lowest BCUT2D eigenvalue weighted by Gasteiger charge is -2.34. The number of rotatable bonds is 3. The summed E-state index contributed by atoms with van der Waals surface area (Å²) in [5.74, 6) is 0.000755. The van der Waals surface area contributed by atoms with Gasteiger partial charge in [-0.3, -0.25) is 15.1 Å². The largest absolute Gasteiger partial charge is 0.298 e. The second-order valence-electron chi connectivity index (χ2n) is 5.73. The average Bonchev–Trinajstić information content (AvgIpc) is 2.65. The number of para-hydroxylation sites is 1. The average molecular weight is 366 g/mol. The maximum atomic E-state index is 13.8. The topological polar surface area (TPSA) is 57.1 Å². The number of halogens is 1. The molecular weight excluding hydrogens is 351 g/mol. The van der Waals surface area contributed by atoms with Crippen LogP contribution in [0.2, 0.25) is 0 Å². The Morgan fingerprint density at radius 1 is 1.27 bits per heavy atom. The highest BCUT2D eigenvalue weighted by Gasteiger charge is 2.34. The fourth-order valence-corrected chi connectivity index (χ4v) is 3.50. The van der Waals surface area contributed by atoms with Crippen LogP contribution >= 0.6 is 11.8 Å². The van der Waals surface area contributed by atoms with Gasteiger partial charge in [-0.1, -0.05) is 48.2 Å². The number of amides is 1. The van der Waals surface area contributed by atoms with Gasteiger partial charge in [-0.2, -0.15) is 0 Å². The highest BCUT2D eigenvalue weighted by molar-refractivity contribution is 8.14. The standard InChI is InChI=1S/C19H15FN4OS/c1-2-10-26-19-22-18(25)16-14-8-3-4-9-15(14)21-17(24(16)23-19)12-6-5-7-13(20)11-12/h2-9,11,17H,1,10H2,(H,22,23,25)/t17-/m0/s1. The molecule has 1 N–H and O–H groups in total. The van der Waals surface area contributed by atoms with Crippen molar-refractivity contribution in [3.05, 3.63) is 83.1 Å². The van der Waals surface area contributed by atoms with E-state index in [1.54, 1.807) is 23.2 Å². The van der Waals surface area contributed by atoms with E-state index in [-0.39, 0.29) is 11.7 Å². The summed E-state index contributed by atoms with van der Waals surface area (Å²) in [5.41, 5.74) is 1.04. The summed E-state index contributed by atoms with van der Waals surface area (Å²) in [6.45, 7) is 3.68. The number of nitrogens with one attached hydrogen (secondary N) is 1. The molecule has 130 valence electrons. The molecule has 2 aliphatic rings. The van der Waals surface area contributed by atoms with Gasteiger partial charge in [-0.15, -0.1) is 11.7 Å². The van der Waals surface area contributed by atoms with E-state index in [0.717, 1.165) is 0 Å². The van der Waals surface area contributed by atoms with Gasteiger partial charge >= 0.3 is 0 Å². The number of hydrogen-bond donors (Lipinski definition) is 1. The lowest BCUT2D eigenvalue weighted by atomic mass is 10.1. The van der Waals surface area contributed by atoms with E-state index in [1.165, 1.54) is 23.9 Å². The molecule has 0 fully saturated rings. The molecule has 1 atom stereocenters. The smallest absolute Gasteiger partial charge is 0.276 e. The molecule has 0 unspecified atom stereocenters. The molecule has 2 heterocycles. The highest BCUT2D eigenvalue weighted by Crippen LogP contribution is 2.30. The first-order valence-corrected chi connectivity index (χ1v) is 9.01. The Kier molecular flexibility index (Phi) is 4.30. The number of nitrogens with zero attached hydrogens (tertiary/aromatic N) is 3. The van der Waals surface area contributed by atoms with E-state index in [1.807, 2.05) is 24.3 Å². The third-order valence-electron chi connectivity index (χ3n) is 4.00. The number of hydrogen-bond acceptors (Lipinski definition) is 5. The maximum Gasteiger partial charge on any atom is 0.276 e. The number of benzene rings is 2. The number of carbonyl (C=O) groups is 1. The van der Waals surface area contributed by atoms with E-state index in [9.17, 15) is 9.18 Å². The summed E-state index contributed by atoms with van der Waals surface area (Å²) in [5, 5.41) is 10.8. The van der Waals surface area contributed by atoms with E-state index in [4.69, 9.17) is 4.99 Å². The van der Waals surface area contributed by atoms with Crippen molar-refractivity contribution in [2.75, 3.05) is 5.75 Å². The molecule has 1 amide bonds. The minimum atomic E-state index is -0.610. The predicted octanol–water partition coefficient (Wildman–Crippen LogP) is 1.89. The van der Waals surface area contributed by atoms with Gasteiger partial charge in [-0.25, -0.2) is 9.40 Å². The molecule has 2 aromatic rings. The van der Waals surface area contributed by atoms with E-state index >= 15 is 0 Å². The Morgan fingerprint density at radius 2 is 2.12 bits per heavy atom. The van der Waals surface area contributed by atoms with E-state index in [0.29, 0.717) is 32.8 Å². The first kappa shape index (κ1) is 16.5. The van der Waals surface area contributed by atoms with Crippen LogP contribution < -0.4 is 15.9 Å². The van der Waals surface area contributed by atoms with Crippen LogP contribution in [0.4, 0.5) is 4.39 Å². The monoisotopic (exact) mass is 366 g/mol. The Labute approximate surface area is 153 Å². The molecule has 5 nitrogen and oxygen atoms in total. The van der Waals surface area contributed by atoms with Crippen molar-refractivity contribution in [1.29, 1.82) is 0 Å². The number of carbonyl (C=O) groups excluding carboxylic acids is 1. The van der Waals surface area contributed by atoms with Gasteiger partial charge in [0.2, 0.25) is 0 Å². The van der Waals surface area contributed by atoms with Crippen LogP contribution in [0.5, 0.6) is 0 Å². The molecule has 2 aliphatic heterocycles.